The van der Waals surface area contributed by atoms with Crippen LogP contribution >= 0.6 is 23.1 Å². The third-order valence-electron chi connectivity index (χ3n) is 4.27. The van der Waals surface area contributed by atoms with E-state index in [0.717, 1.165) is 28.9 Å². The van der Waals surface area contributed by atoms with Crippen LogP contribution in [0, 0.1) is 11.8 Å². The van der Waals surface area contributed by atoms with Crippen LogP contribution in [-0.4, -0.2) is 47.0 Å². The Balaban J connectivity index is 1.52. The van der Waals surface area contributed by atoms with Crippen molar-refractivity contribution in [3.8, 4) is 5.75 Å². The van der Waals surface area contributed by atoms with Crippen LogP contribution in [0.2, 0.25) is 0 Å². The van der Waals surface area contributed by atoms with Crippen LogP contribution in [0.25, 0.3) is 0 Å². The summed E-state index contributed by atoms with van der Waals surface area (Å²) in [5.41, 5.74) is 0.893. The van der Waals surface area contributed by atoms with Crippen LogP contribution in [-0.2, 0) is 4.79 Å². The summed E-state index contributed by atoms with van der Waals surface area (Å²) >= 11 is 2.90. The van der Waals surface area contributed by atoms with Gasteiger partial charge in [0, 0.05) is 24.8 Å². The summed E-state index contributed by atoms with van der Waals surface area (Å²) in [4.78, 5) is 14.5. The Kier molecular flexibility index (Phi) is 6.37. The molecule has 140 valence electrons. The molecule has 1 saturated heterocycles. The molecule has 1 aliphatic heterocycles. The Morgan fingerprint density at radius 2 is 2.12 bits per heavy atom. The lowest BCUT2D eigenvalue weighted by atomic mass is 9.92. The van der Waals surface area contributed by atoms with Gasteiger partial charge in [-0.3, -0.25) is 4.79 Å². The van der Waals surface area contributed by atoms with E-state index in [4.69, 9.17) is 4.74 Å². The zero-order valence-corrected chi connectivity index (χ0v) is 16.9. The van der Waals surface area contributed by atoms with Crippen molar-refractivity contribution in [3.63, 3.8) is 0 Å². The monoisotopic (exact) mass is 392 g/mol. The Morgan fingerprint density at radius 1 is 1.35 bits per heavy atom. The summed E-state index contributed by atoms with van der Waals surface area (Å²) < 4.78 is 6.01. The molecule has 1 amide bonds. The van der Waals surface area contributed by atoms with E-state index in [1.807, 2.05) is 29.2 Å². The molecule has 3 rings (SSSR count). The number of aromatic nitrogens is 2. The fourth-order valence-electron chi connectivity index (χ4n) is 3.22. The number of hydrogen-bond acceptors (Lipinski definition) is 7. The lowest BCUT2D eigenvalue weighted by molar-refractivity contribution is -0.130. The molecule has 1 N–H and O–H groups in total. The first kappa shape index (κ1) is 19.0. The number of rotatable bonds is 6. The third kappa shape index (κ3) is 5.11. The molecular formula is C18H24N4O2S2. The number of amides is 1. The molecular weight excluding hydrogens is 368 g/mol. The van der Waals surface area contributed by atoms with Crippen LogP contribution in [0.1, 0.15) is 20.3 Å². The van der Waals surface area contributed by atoms with Crippen molar-refractivity contribution < 1.29 is 9.53 Å². The predicted molar refractivity (Wildman–Crippen MR) is 106 cm³/mol. The molecule has 0 radical (unpaired) electrons. The van der Waals surface area contributed by atoms with Crippen molar-refractivity contribution in [1.29, 1.82) is 0 Å². The number of anilines is 2. The lowest BCUT2D eigenvalue weighted by Gasteiger charge is -2.34. The van der Waals surface area contributed by atoms with Crippen molar-refractivity contribution in [2.24, 2.45) is 11.8 Å². The first-order valence-corrected chi connectivity index (χ1v) is 10.5. The van der Waals surface area contributed by atoms with Gasteiger partial charge in [-0.25, -0.2) is 0 Å². The summed E-state index contributed by atoms with van der Waals surface area (Å²) in [6, 6.07) is 7.65. The minimum absolute atomic E-state index is 0.186. The normalized spacial score (nSPS) is 20.0. The van der Waals surface area contributed by atoms with Gasteiger partial charge >= 0.3 is 0 Å². The second-order valence-electron chi connectivity index (χ2n) is 6.76. The van der Waals surface area contributed by atoms with Crippen molar-refractivity contribution in [2.45, 2.75) is 24.6 Å². The van der Waals surface area contributed by atoms with Gasteiger partial charge in [0.05, 0.1) is 12.9 Å². The Bertz CT molecular complexity index is 742. The highest BCUT2D eigenvalue weighted by molar-refractivity contribution is 8.01. The average molecular weight is 393 g/mol. The molecule has 2 aromatic rings. The number of ether oxygens (including phenoxy) is 1. The van der Waals surface area contributed by atoms with Crippen LogP contribution in [0.15, 0.2) is 28.6 Å². The lowest BCUT2D eigenvalue weighted by Crippen LogP contribution is -2.43. The number of hydrogen-bond donors (Lipinski definition) is 1. The smallest absolute Gasteiger partial charge is 0.233 e. The van der Waals surface area contributed by atoms with E-state index in [1.165, 1.54) is 29.5 Å². The number of carbonyl (C=O) groups is 1. The van der Waals surface area contributed by atoms with Crippen molar-refractivity contribution in [1.82, 2.24) is 15.1 Å². The van der Waals surface area contributed by atoms with E-state index in [9.17, 15) is 4.79 Å². The number of thioether (sulfide) groups is 1. The Labute approximate surface area is 162 Å². The maximum atomic E-state index is 12.5. The predicted octanol–water partition coefficient (Wildman–Crippen LogP) is 3.89. The molecule has 1 fully saturated rings. The molecule has 0 saturated carbocycles. The fourth-order valence-corrected chi connectivity index (χ4v) is 4.90. The standard InChI is InChI=1S/C18H24N4O2S2/c1-12-7-13(2)10-22(9-12)16(23)11-25-18-21-20-17(26-18)19-14-5-4-6-15(8-14)24-3/h4-6,8,12-13H,7,9-11H2,1-3H3,(H,19,20)/t12-,13-/m1/s1. The van der Waals surface area contributed by atoms with Gasteiger partial charge in [-0.2, -0.15) is 0 Å². The van der Waals surface area contributed by atoms with Crippen LogP contribution in [0.5, 0.6) is 5.75 Å². The topological polar surface area (TPSA) is 67.3 Å². The highest BCUT2D eigenvalue weighted by Gasteiger charge is 2.25. The van der Waals surface area contributed by atoms with Crippen LogP contribution < -0.4 is 10.1 Å². The second-order valence-corrected chi connectivity index (χ2v) is 8.96. The number of nitrogens with zero attached hydrogens (tertiary/aromatic N) is 3. The van der Waals surface area contributed by atoms with Gasteiger partial charge in [0.15, 0.2) is 4.34 Å². The molecule has 26 heavy (non-hydrogen) atoms. The number of piperidine rings is 1. The number of benzene rings is 1. The molecule has 0 bridgehead atoms. The first-order valence-electron chi connectivity index (χ1n) is 8.68. The summed E-state index contributed by atoms with van der Waals surface area (Å²) in [7, 11) is 1.64. The van der Waals surface area contributed by atoms with E-state index in [-0.39, 0.29) is 5.91 Å². The van der Waals surface area contributed by atoms with Gasteiger partial charge in [-0.05, 0) is 30.4 Å². The molecule has 1 aromatic heterocycles. The van der Waals surface area contributed by atoms with Gasteiger partial charge in [0.2, 0.25) is 11.0 Å². The minimum Gasteiger partial charge on any atom is -0.497 e. The van der Waals surface area contributed by atoms with E-state index in [2.05, 4.69) is 29.4 Å². The molecule has 1 aromatic carbocycles. The zero-order chi connectivity index (χ0) is 18.5. The first-order chi connectivity index (χ1) is 12.5. The van der Waals surface area contributed by atoms with E-state index in [1.54, 1.807) is 7.11 Å². The van der Waals surface area contributed by atoms with Gasteiger partial charge in [0.1, 0.15) is 5.75 Å². The van der Waals surface area contributed by atoms with Gasteiger partial charge in [-0.15, -0.1) is 10.2 Å². The van der Waals surface area contributed by atoms with E-state index in [0.29, 0.717) is 22.7 Å². The maximum Gasteiger partial charge on any atom is 0.233 e. The molecule has 0 unspecified atom stereocenters. The maximum absolute atomic E-state index is 12.5. The number of nitrogens with one attached hydrogen (secondary N) is 1. The molecule has 2 heterocycles. The van der Waals surface area contributed by atoms with E-state index >= 15 is 0 Å². The molecule has 8 heteroatoms. The highest BCUT2D eigenvalue weighted by atomic mass is 32.2. The highest BCUT2D eigenvalue weighted by Crippen LogP contribution is 2.29. The summed E-state index contributed by atoms with van der Waals surface area (Å²) in [5.74, 6) is 2.53. The fraction of sp³-hybridized carbons (Fsp3) is 0.500. The van der Waals surface area contributed by atoms with Crippen LogP contribution in [0.3, 0.4) is 0 Å². The summed E-state index contributed by atoms with van der Waals surface area (Å²) in [5, 5.41) is 12.2. The van der Waals surface area contributed by atoms with Crippen molar-refractivity contribution in [2.75, 3.05) is 31.3 Å². The van der Waals surface area contributed by atoms with Gasteiger partial charge < -0.3 is 15.0 Å². The molecule has 1 aliphatic rings. The Morgan fingerprint density at radius 3 is 2.85 bits per heavy atom. The molecule has 6 nitrogen and oxygen atoms in total. The molecule has 2 atom stereocenters. The van der Waals surface area contributed by atoms with Crippen LogP contribution in [0.4, 0.5) is 10.8 Å². The minimum atomic E-state index is 0.186. The third-order valence-corrected chi connectivity index (χ3v) is 6.22. The SMILES string of the molecule is COc1cccc(Nc2nnc(SCC(=O)N3C[C@H](C)C[C@@H](C)C3)s2)c1. The summed E-state index contributed by atoms with van der Waals surface area (Å²) in [6.45, 7) is 6.15. The van der Waals surface area contributed by atoms with Crippen molar-refractivity contribution >= 4 is 39.8 Å². The largest absolute Gasteiger partial charge is 0.497 e. The van der Waals surface area contributed by atoms with Crippen molar-refractivity contribution in [3.05, 3.63) is 24.3 Å². The number of carbonyl (C=O) groups excluding carboxylic acids is 1. The molecule has 0 aliphatic carbocycles. The zero-order valence-electron chi connectivity index (χ0n) is 15.3. The Hall–Kier alpha value is -1.80. The van der Waals surface area contributed by atoms with Gasteiger partial charge in [-0.1, -0.05) is 43.0 Å². The summed E-state index contributed by atoms with van der Waals surface area (Å²) in [6.07, 6.45) is 1.20. The average Bonchev–Trinajstić information content (AvgIpc) is 3.06. The number of likely N-dealkylation sites (tertiary alicyclic amines) is 1. The molecule has 0 spiro atoms. The second kappa shape index (κ2) is 8.73. The van der Waals surface area contributed by atoms with Gasteiger partial charge in [0.25, 0.3) is 0 Å². The number of methoxy groups -OCH3 is 1. The van der Waals surface area contributed by atoms with E-state index < -0.39 is 0 Å². The quantitative estimate of drug-likeness (QED) is 0.753.